The molecule has 22 heavy (non-hydrogen) atoms. The molecule has 2 aromatic heterocycles. The molecule has 2 rings (SSSR count). The van der Waals surface area contributed by atoms with Crippen LogP contribution in [0.3, 0.4) is 0 Å². The number of nitrogens with one attached hydrogen (secondary N) is 2. The number of aromatic nitrogens is 1. The normalized spacial score (nSPS) is 12.5. The van der Waals surface area contributed by atoms with Crippen LogP contribution in [-0.2, 0) is 19.3 Å². The van der Waals surface area contributed by atoms with Crippen LogP contribution in [0.4, 0.5) is 13.2 Å². The van der Waals surface area contributed by atoms with Crippen LogP contribution in [0.15, 0.2) is 33.2 Å². The predicted octanol–water partition coefficient (Wildman–Crippen LogP) is 3.01. The molecule has 0 spiro atoms. The molecule has 2 N–H and O–H groups in total. The molecule has 120 valence electrons. The van der Waals surface area contributed by atoms with E-state index in [0.29, 0.717) is 29.8 Å². The zero-order valence-corrected chi connectivity index (χ0v) is 12.6. The Morgan fingerprint density at radius 2 is 2.23 bits per heavy atom. The van der Waals surface area contributed by atoms with Gasteiger partial charge in [0, 0.05) is 11.9 Å². The highest BCUT2D eigenvalue weighted by Gasteiger charge is 2.33. The number of hydrogen-bond acceptors (Lipinski definition) is 4. The van der Waals surface area contributed by atoms with Gasteiger partial charge in [-0.15, -0.1) is 11.3 Å². The Labute approximate surface area is 129 Å². The summed E-state index contributed by atoms with van der Waals surface area (Å²) >= 11 is 0.957. The Bertz CT molecular complexity index is 607. The van der Waals surface area contributed by atoms with Gasteiger partial charge in [0.2, 0.25) is 0 Å². The summed E-state index contributed by atoms with van der Waals surface area (Å²) < 4.78 is 42.6. The van der Waals surface area contributed by atoms with Crippen LogP contribution in [0, 0.1) is 0 Å². The highest BCUT2D eigenvalue weighted by molar-refractivity contribution is 7.09. The van der Waals surface area contributed by atoms with Gasteiger partial charge in [0.25, 0.3) is 0 Å². The van der Waals surface area contributed by atoms with Crippen LogP contribution in [0.5, 0.6) is 0 Å². The Hall–Kier alpha value is -2.03. The van der Waals surface area contributed by atoms with Crippen LogP contribution >= 0.6 is 11.3 Å². The molecule has 0 aromatic carbocycles. The lowest BCUT2D eigenvalue weighted by Gasteiger charge is -2.09. The highest BCUT2D eigenvalue weighted by atomic mass is 32.1. The molecular weight excluding hydrogens is 317 g/mol. The second-order valence-corrected chi connectivity index (χ2v) is 5.19. The van der Waals surface area contributed by atoms with Gasteiger partial charge in [-0.2, -0.15) is 13.2 Å². The topological polar surface area (TPSA) is 62.5 Å². The van der Waals surface area contributed by atoms with Crippen LogP contribution in [0.1, 0.15) is 23.4 Å². The van der Waals surface area contributed by atoms with Crippen LogP contribution in [0.25, 0.3) is 0 Å². The standard InChI is InChI=1S/C13H15F3N4OS/c1-2-17-12(18-6-9-4-3-5-21-9)19-7-11-20-10(8-22-11)13(14,15)16/h3-5,8H,2,6-7H2,1H3,(H2,17,18,19). The average molecular weight is 332 g/mol. The molecule has 0 amide bonds. The van der Waals surface area contributed by atoms with Crippen molar-refractivity contribution in [3.63, 3.8) is 0 Å². The van der Waals surface area contributed by atoms with Crippen molar-refractivity contribution in [3.8, 4) is 0 Å². The second kappa shape index (κ2) is 7.30. The van der Waals surface area contributed by atoms with Crippen molar-refractivity contribution in [2.75, 3.05) is 6.54 Å². The first-order chi connectivity index (χ1) is 10.5. The van der Waals surface area contributed by atoms with Crippen molar-refractivity contribution in [1.29, 1.82) is 0 Å². The second-order valence-electron chi connectivity index (χ2n) is 4.25. The zero-order valence-electron chi connectivity index (χ0n) is 11.8. The van der Waals surface area contributed by atoms with Gasteiger partial charge in [0.1, 0.15) is 17.3 Å². The minimum atomic E-state index is -4.41. The molecule has 9 heteroatoms. The molecule has 0 aliphatic rings. The molecule has 0 aliphatic carbocycles. The quantitative estimate of drug-likeness (QED) is 0.653. The van der Waals surface area contributed by atoms with E-state index in [1.807, 2.05) is 6.92 Å². The van der Waals surface area contributed by atoms with E-state index in [0.717, 1.165) is 16.7 Å². The molecule has 0 aliphatic heterocycles. The maximum atomic E-state index is 12.5. The number of hydrogen-bond donors (Lipinski definition) is 2. The van der Waals surface area contributed by atoms with E-state index in [9.17, 15) is 13.2 Å². The maximum absolute atomic E-state index is 12.5. The summed E-state index contributed by atoms with van der Waals surface area (Å²) in [6, 6.07) is 3.56. The fourth-order valence-corrected chi connectivity index (χ4v) is 2.32. The van der Waals surface area contributed by atoms with E-state index in [4.69, 9.17) is 4.42 Å². The fourth-order valence-electron chi connectivity index (χ4n) is 1.58. The summed E-state index contributed by atoms with van der Waals surface area (Å²) in [7, 11) is 0. The van der Waals surface area contributed by atoms with Gasteiger partial charge in [0.15, 0.2) is 11.7 Å². The third-order valence-corrected chi connectivity index (χ3v) is 3.42. The van der Waals surface area contributed by atoms with Crippen molar-refractivity contribution in [1.82, 2.24) is 15.6 Å². The molecule has 0 radical (unpaired) electrons. The number of thiazole rings is 1. The summed E-state index contributed by atoms with van der Waals surface area (Å²) in [6.07, 6.45) is -2.86. The molecule has 0 unspecified atom stereocenters. The molecule has 5 nitrogen and oxygen atoms in total. The first-order valence-electron chi connectivity index (χ1n) is 6.55. The van der Waals surface area contributed by atoms with E-state index < -0.39 is 11.9 Å². The monoisotopic (exact) mass is 332 g/mol. The molecule has 0 fully saturated rings. The smallest absolute Gasteiger partial charge is 0.434 e. The third kappa shape index (κ3) is 4.76. The van der Waals surface area contributed by atoms with Crippen LogP contribution in [0.2, 0.25) is 0 Å². The van der Waals surface area contributed by atoms with Crippen molar-refractivity contribution in [3.05, 3.63) is 40.2 Å². The van der Waals surface area contributed by atoms with E-state index in [2.05, 4.69) is 20.6 Å². The van der Waals surface area contributed by atoms with E-state index in [1.165, 1.54) is 0 Å². The SMILES string of the molecule is CCNC(=NCc1ccco1)NCc1nc(C(F)(F)F)cs1. The van der Waals surface area contributed by atoms with Crippen LogP contribution in [-0.4, -0.2) is 17.5 Å². The summed E-state index contributed by atoms with van der Waals surface area (Å²) in [5, 5.41) is 7.29. The van der Waals surface area contributed by atoms with Crippen molar-refractivity contribution in [2.24, 2.45) is 4.99 Å². The molecular formula is C13H15F3N4OS. The van der Waals surface area contributed by atoms with Gasteiger partial charge in [-0.25, -0.2) is 9.98 Å². The number of aliphatic imine (C=N–C) groups is 1. The molecule has 0 bridgehead atoms. The fraction of sp³-hybridized carbons (Fsp3) is 0.385. The number of halogens is 3. The van der Waals surface area contributed by atoms with Gasteiger partial charge in [-0.3, -0.25) is 0 Å². The van der Waals surface area contributed by atoms with Crippen LogP contribution < -0.4 is 10.6 Å². The Kier molecular flexibility index (Phi) is 5.42. The molecule has 2 aromatic rings. The lowest BCUT2D eigenvalue weighted by molar-refractivity contribution is -0.140. The number of alkyl halides is 3. The summed E-state index contributed by atoms with van der Waals surface area (Å²) in [4.78, 5) is 7.84. The van der Waals surface area contributed by atoms with E-state index in [1.54, 1.807) is 18.4 Å². The molecule has 2 heterocycles. The number of guanidine groups is 1. The predicted molar refractivity (Wildman–Crippen MR) is 77.5 cm³/mol. The summed E-state index contributed by atoms with van der Waals surface area (Å²) in [5.74, 6) is 1.19. The molecule has 0 saturated carbocycles. The van der Waals surface area contributed by atoms with Gasteiger partial charge in [0.05, 0.1) is 12.8 Å². The summed E-state index contributed by atoms with van der Waals surface area (Å²) in [6.45, 7) is 3.05. The average Bonchev–Trinajstić information content (AvgIpc) is 3.12. The van der Waals surface area contributed by atoms with Gasteiger partial charge >= 0.3 is 6.18 Å². The highest BCUT2D eigenvalue weighted by Crippen LogP contribution is 2.29. The Morgan fingerprint density at radius 3 is 2.82 bits per heavy atom. The molecule has 0 saturated heterocycles. The zero-order chi connectivity index (χ0) is 16.0. The lowest BCUT2D eigenvalue weighted by Crippen LogP contribution is -2.36. The Balaban J connectivity index is 1.93. The first kappa shape index (κ1) is 16.3. The minimum absolute atomic E-state index is 0.171. The van der Waals surface area contributed by atoms with Gasteiger partial charge in [-0.1, -0.05) is 0 Å². The molecule has 0 atom stereocenters. The largest absolute Gasteiger partial charge is 0.467 e. The van der Waals surface area contributed by atoms with E-state index >= 15 is 0 Å². The maximum Gasteiger partial charge on any atom is 0.434 e. The Morgan fingerprint density at radius 1 is 1.41 bits per heavy atom. The number of nitrogens with zero attached hydrogens (tertiary/aromatic N) is 2. The minimum Gasteiger partial charge on any atom is -0.467 e. The lowest BCUT2D eigenvalue weighted by atomic mass is 10.4. The van der Waals surface area contributed by atoms with Crippen molar-refractivity contribution in [2.45, 2.75) is 26.2 Å². The van der Waals surface area contributed by atoms with Crippen molar-refractivity contribution >= 4 is 17.3 Å². The summed E-state index contributed by atoms with van der Waals surface area (Å²) in [5.41, 5.74) is -0.869. The van der Waals surface area contributed by atoms with Crippen molar-refractivity contribution < 1.29 is 17.6 Å². The number of furan rings is 1. The van der Waals surface area contributed by atoms with Gasteiger partial charge < -0.3 is 15.1 Å². The third-order valence-electron chi connectivity index (χ3n) is 2.57. The van der Waals surface area contributed by atoms with Gasteiger partial charge in [-0.05, 0) is 19.1 Å². The number of rotatable bonds is 5. The van der Waals surface area contributed by atoms with E-state index in [-0.39, 0.29) is 6.54 Å². The first-order valence-corrected chi connectivity index (χ1v) is 7.43.